The molecule has 0 aromatic carbocycles. The number of allylic oxidation sites excluding steroid dienone is 2. The van der Waals surface area contributed by atoms with E-state index < -0.39 is 18.8 Å². The van der Waals surface area contributed by atoms with Crippen molar-refractivity contribution in [3.05, 3.63) is 11.8 Å². The molecule has 2 nitrogen and oxygen atoms in total. The third-order valence-electron chi connectivity index (χ3n) is 2.72. The fourth-order valence-electron chi connectivity index (χ4n) is 1.62. The Balaban J connectivity index is 4.52. The molecule has 0 bridgehead atoms. The van der Waals surface area contributed by atoms with Crippen molar-refractivity contribution in [2.75, 3.05) is 0 Å². The molecule has 82 valence electrons. The number of rotatable bonds is 6. The maximum atomic E-state index is 10.9. The molecule has 0 aromatic rings. The van der Waals surface area contributed by atoms with E-state index in [1.165, 1.54) is 13.3 Å². The Morgan fingerprint density at radius 1 is 1.14 bits per heavy atom. The van der Waals surface area contributed by atoms with Gasteiger partial charge < -0.3 is 0 Å². The van der Waals surface area contributed by atoms with Crippen LogP contribution in [0.5, 0.6) is 0 Å². The minimum atomic E-state index is -2.33. The van der Waals surface area contributed by atoms with Gasteiger partial charge in [0.25, 0.3) is 0 Å². The van der Waals surface area contributed by atoms with Gasteiger partial charge in [0.05, 0.1) is 0 Å². The van der Waals surface area contributed by atoms with Gasteiger partial charge in [0.15, 0.2) is 0 Å². The minimum absolute atomic E-state index is 0.0750. The summed E-state index contributed by atoms with van der Waals surface area (Å²) in [6.07, 6.45) is 1.60. The van der Waals surface area contributed by atoms with Crippen LogP contribution in [0.1, 0.15) is 34.6 Å². The van der Waals surface area contributed by atoms with E-state index in [1.54, 1.807) is 13.0 Å². The summed E-state index contributed by atoms with van der Waals surface area (Å²) in [4.78, 5) is 10.9. The summed E-state index contributed by atoms with van der Waals surface area (Å²) in [6.45, 7) is 10.1. The first-order valence-corrected chi connectivity index (χ1v) is 12.6. The van der Waals surface area contributed by atoms with E-state index in [2.05, 4.69) is 20.8 Å². The van der Waals surface area contributed by atoms with Crippen LogP contribution in [-0.2, 0) is 7.87 Å². The Kier molecular flexibility index (Phi) is 6.49. The van der Waals surface area contributed by atoms with Crippen LogP contribution in [0.3, 0.4) is 0 Å². The monoisotopic (exact) mass is 306 g/mol. The standard InChI is InChI=1S/C5H8O2.3C2H5.Sn/c1-4(6)3-5(2)7;3*1-2;/h3,6H,1-2H3;3*1H2,2H3;/q;;;;+1/p-1/b4-3-;;;;. The summed E-state index contributed by atoms with van der Waals surface area (Å²) in [6, 6.07) is 0. The van der Waals surface area contributed by atoms with Gasteiger partial charge in [-0.1, -0.05) is 0 Å². The van der Waals surface area contributed by atoms with Crippen molar-refractivity contribution in [1.82, 2.24) is 0 Å². The van der Waals surface area contributed by atoms with E-state index in [-0.39, 0.29) is 5.78 Å². The number of ketones is 1. The third-order valence-corrected chi connectivity index (χ3v) is 15.9. The van der Waals surface area contributed by atoms with Crippen LogP contribution < -0.4 is 0 Å². The molecule has 0 radical (unpaired) electrons. The Hall–Kier alpha value is 0.00870. The van der Waals surface area contributed by atoms with Crippen LogP contribution in [0.25, 0.3) is 0 Å². The van der Waals surface area contributed by atoms with Crippen molar-refractivity contribution in [2.45, 2.75) is 47.9 Å². The molecule has 0 amide bonds. The van der Waals surface area contributed by atoms with Crippen molar-refractivity contribution in [3.63, 3.8) is 0 Å². The topological polar surface area (TPSA) is 26.3 Å². The Bertz CT molecular complexity index is 209. The van der Waals surface area contributed by atoms with Gasteiger partial charge in [-0.2, -0.15) is 0 Å². The van der Waals surface area contributed by atoms with Gasteiger partial charge in [0.2, 0.25) is 0 Å². The Morgan fingerprint density at radius 3 is 1.86 bits per heavy atom. The zero-order valence-electron chi connectivity index (χ0n) is 10.0. The molecule has 0 spiro atoms. The molecule has 0 atom stereocenters. The average molecular weight is 305 g/mol. The molecule has 0 aliphatic heterocycles. The van der Waals surface area contributed by atoms with Gasteiger partial charge in [-0.15, -0.1) is 0 Å². The molecule has 0 N–H and O–H groups in total. The molecule has 0 aromatic heterocycles. The molecule has 14 heavy (non-hydrogen) atoms. The predicted molar refractivity (Wildman–Crippen MR) is 62.7 cm³/mol. The average Bonchev–Trinajstić information content (AvgIpc) is 2.13. The van der Waals surface area contributed by atoms with E-state index in [1.807, 2.05) is 6.92 Å². The van der Waals surface area contributed by atoms with Crippen LogP contribution >= 0.6 is 0 Å². The van der Waals surface area contributed by atoms with Gasteiger partial charge in [-0.25, -0.2) is 0 Å². The first-order chi connectivity index (χ1) is 6.49. The fourth-order valence-corrected chi connectivity index (χ4v) is 9.26. The number of hydrogen-bond donors (Lipinski definition) is 0. The molecule has 3 heteroatoms. The molecule has 0 unspecified atom stereocenters. The molecular weight excluding hydrogens is 283 g/mol. The third kappa shape index (κ3) is 4.49. The van der Waals surface area contributed by atoms with Crippen molar-refractivity contribution in [3.8, 4) is 0 Å². The molecule has 0 saturated carbocycles. The normalized spacial score (nSPS) is 12.8. The summed E-state index contributed by atoms with van der Waals surface area (Å²) >= 11 is -2.33. The van der Waals surface area contributed by atoms with Crippen LogP contribution in [0.4, 0.5) is 0 Å². The SMILES string of the molecule is C[CH2][Sn]([CH2]C)([CH2]C)[O]/C(C)=C\C(C)=O. The quantitative estimate of drug-likeness (QED) is 0.426. The second kappa shape index (κ2) is 6.48. The van der Waals surface area contributed by atoms with E-state index in [0.29, 0.717) is 0 Å². The van der Waals surface area contributed by atoms with Gasteiger partial charge >= 0.3 is 92.2 Å². The molecule has 0 saturated heterocycles. The van der Waals surface area contributed by atoms with E-state index in [9.17, 15) is 4.79 Å². The van der Waals surface area contributed by atoms with E-state index >= 15 is 0 Å². The molecule has 0 fully saturated rings. The summed E-state index contributed by atoms with van der Waals surface area (Å²) < 4.78 is 9.60. The van der Waals surface area contributed by atoms with Crippen molar-refractivity contribution in [2.24, 2.45) is 0 Å². The zero-order valence-corrected chi connectivity index (χ0v) is 12.9. The van der Waals surface area contributed by atoms with Crippen LogP contribution in [0, 0.1) is 0 Å². The number of carbonyl (C=O) groups is 1. The summed E-state index contributed by atoms with van der Waals surface area (Å²) in [7, 11) is 0. The molecule has 0 aliphatic rings. The second-order valence-corrected chi connectivity index (χ2v) is 17.1. The maximum absolute atomic E-state index is 10.9. The van der Waals surface area contributed by atoms with Crippen molar-refractivity contribution in [1.29, 1.82) is 0 Å². The van der Waals surface area contributed by atoms with Crippen molar-refractivity contribution < 1.29 is 7.87 Å². The number of carbonyl (C=O) groups excluding carboxylic acids is 1. The molecule has 0 aliphatic carbocycles. The fraction of sp³-hybridized carbons (Fsp3) is 0.727. The molecular formula is C11H22O2Sn. The van der Waals surface area contributed by atoms with Crippen LogP contribution in [-0.4, -0.2) is 24.6 Å². The first kappa shape index (κ1) is 14.0. The molecule has 0 rings (SSSR count). The number of hydrogen-bond acceptors (Lipinski definition) is 2. The van der Waals surface area contributed by atoms with Crippen LogP contribution in [0.15, 0.2) is 11.8 Å². The second-order valence-electron chi connectivity index (χ2n) is 3.71. The Labute approximate surface area is 92.1 Å². The van der Waals surface area contributed by atoms with E-state index in [4.69, 9.17) is 3.07 Å². The van der Waals surface area contributed by atoms with Gasteiger partial charge in [0.1, 0.15) is 0 Å². The van der Waals surface area contributed by atoms with Gasteiger partial charge in [-0.3, -0.25) is 0 Å². The zero-order chi connectivity index (χ0) is 11.2. The summed E-state index contributed by atoms with van der Waals surface area (Å²) in [5.41, 5.74) is 0. The van der Waals surface area contributed by atoms with Gasteiger partial charge in [-0.05, 0) is 0 Å². The van der Waals surface area contributed by atoms with Crippen molar-refractivity contribution >= 4 is 24.6 Å². The summed E-state index contributed by atoms with van der Waals surface area (Å²) in [5.74, 6) is 0.893. The van der Waals surface area contributed by atoms with Gasteiger partial charge in [0, 0.05) is 0 Å². The predicted octanol–water partition coefficient (Wildman–Crippen LogP) is 3.50. The van der Waals surface area contributed by atoms with Crippen LogP contribution in [0.2, 0.25) is 13.3 Å². The molecule has 0 heterocycles. The first-order valence-electron chi connectivity index (χ1n) is 5.37. The van der Waals surface area contributed by atoms with E-state index in [0.717, 1.165) is 5.76 Å². The summed E-state index contributed by atoms with van der Waals surface area (Å²) in [5, 5.41) is 0. The Morgan fingerprint density at radius 2 is 1.57 bits per heavy atom.